The summed E-state index contributed by atoms with van der Waals surface area (Å²) < 4.78 is 0. The van der Waals surface area contributed by atoms with Gasteiger partial charge in [-0.25, -0.2) is 4.98 Å². The first-order chi connectivity index (χ1) is 13.8. The van der Waals surface area contributed by atoms with Gasteiger partial charge in [0.1, 0.15) is 0 Å². The molecule has 0 radical (unpaired) electrons. The molecule has 0 amide bonds. The van der Waals surface area contributed by atoms with Gasteiger partial charge in [-0.05, 0) is 30.2 Å². The standard InChI is InChI=1S/C21H21N7/c1-2-4-15(5-3-1)10-18-14-28(9-8-22-18)20-13-24-27-21(25-20)16-6-7-19-17(11-16)12-23-26-19/h1-7,11-13,18,22H,8-10,14H2,(H,23,26)/t18-/m0/s1. The van der Waals surface area contributed by atoms with Gasteiger partial charge >= 0.3 is 0 Å². The fraction of sp³-hybridized carbons (Fsp3) is 0.238. The first kappa shape index (κ1) is 16.8. The molecule has 3 heterocycles. The molecule has 0 unspecified atom stereocenters. The van der Waals surface area contributed by atoms with Crippen molar-refractivity contribution in [2.75, 3.05) is 24.5 Å². The zero-order valence-corrected chi connectivity index (χ0v) is 15.4. The molecule has 1 aliphatic rings. The lowest BCUT2D eigenvalue weighted by Gasteiger charge is -2.34. The van der Waals surface area contributed by atoms with Gasteiger partial charge in [0.15, 0.2) is 11.6 Å². The molecule has 1 atom stereocenters. The second-order valence-electron chi connectivity index (χ2n) is 7.10. The second-order valence-corrected chi connectivity index (χ2v) is 7.10. The minimum absolute atomic E-state index is 0.386. The predicted octanol–water partition coefficient (Wildman–Crippen LogP) is 2.44. The lowest BCUT2D eigenvalue weighted by atomic mass is 10.0. The van der Waals surface area contributed by atoms with E-state index in [9.17, 15) is 0 Å². The summed E-state index contributed by atoms with van der Waals surface area (Å²) in [6.07, 6.45) is 4.56. The largest absolute Gasteiger partial charge is 0.352 e. The Morgan fingerprint density at radius 2 is 2.00 bits per heavy atom. The first-order valence-electron chi connectivity index (χ1n) is 9.51. The lowest BCUT2D eigenvalue weighted by Crippen LogP contribution is -2.52. The quantitative estimate of drug-likeness (QED) is 0.573. The molecule has 7 heteroatoms. The van der Waals surface area contributed by atoms with Gasteiger partial charge in [0.25, 0.3) is 0 Å². The molecule has 1 fully saturated rings. The Hall–Kier alpha value is -3.32. The van der Waals surface area contributed by atoms with Gasteiger partial charge in [-0.15, -0.1) is 5.10 Å². The summed E-state index contributed by atoms with van der Waals surface area (Å²) in [6, 6.07) is 17.0. The molecule has 1 saturated heterocycles. The Morgan fingerprint density at radius 3 is 2.93 bits per heavy atom. The predicted molar refractivity (Wildman–Crippen MR) is 109 cm³/mol. The number of nitrogens with one attached hydrogen (secondary N) is 2. The number of nitrogens with zero attached hydrogens (tertiary/aromatic N) is 5. The van der Waals surface area contributed by atoms with Crippen molar-refractivity contribution in [1.29, 1.82) is 0 Å². The van der Waals surface area contributed by atoms with E-state index in [0.717, 1.165) is 48.3 Å². The highest BCUT2D eigenvalue weighted by molar-refractivity contribution is 5.82. The Kier molecular flexibility index (Phi) is 4.42. The number of hydrogen-bond acceptors (Lipinski definition) is 6. The molecule has 0 bridgehead atoms. The van der Waals surface area contributed by atoms with Gasteiger partial charge in [0, 0.05) is 36.6 Å². The molecule has 28 heavy (non-hydrogen) atoms. The molecule has 0 saturated carbocycles. The van der Waals surface area contributed by atoms with Gasteiger partial charge < -0.3 is 10.2 Å². The van der Waals surface area contributed by atoms with E-state index in [1.54, 1.807) is 12.4 Å². The normalized spacial score (nSPS) is 17.1. The molecule has 1 aliphatic heterocycles. The highest BCUT2D eigenvalue weighted by Crippen LogP contribution is 2.22. The Morgan fingerprint density at radius 1 is 1.07 bits per heavy atom. The molecule has 2 N–H and O–H groups in total. The van der Waals surface area contributed by atoms with Crippen molar-refractivity contribution in [2.24, 2.45) is 0 Å². The topological polar surface area (TPSA) is 82.6 Å². The Bertz CT molecular complexity index is 1080. The van der Waals surface area contributed by atoms with Gasteiger partial charge in [-0.2, -0.15) is 10.2 Å². The molecular weight excluding hydrogens is 350 g/mol. The molecule has 5 rings (SSSR count). The number of hydrogen-bond donors (Lipinski definition) is 2. The summed E-state index contributed by atoms with van der Waals surface area (Å²) in [5.41, 5.74) is 3.29. The van der Waals surface area contributed by atoms with Crippen molar-refractivity contribution in [3.8, 4) is 11.4 Å². The maximum Gasteiger partial charge on any atom is 0.183 e. The fourth-order valence-corrected chi connectivity index (χ4v) is 3.72. The molecule has 2 aromatic heterocycles. The molecule has 0 aliphatic carbocycles. The number of benzene rings is 2. The van der Waals surface area contributed by atoms with Crippen LogP contribution in [0.15, 0.2) is 60.9 Å². The Balaban J connectivity index is 1.36. The number of aromatic amines is 1. The van der Waals surface area contributed by atoms with Crippen LogP contribution in [0.1, 0.15) is 5.56 Å². The van der Waals surface area contributed by atoms with E-state index < -0.39 is 0 Å². The molecule has 7 nitrogen and oxygen atoms in total. The van der Waals surface area contributed by atoms with E-state index >= 15 is 0 Å². The van der Waals surface area contributed by atoms with Crippen molar-refractivity contribution in [3.63, 3.8) is 0 Å². The first-order valence-corrected chi connectivity index (χ1v) is 9.51. The van der Waals surface area contributed by atoms with E-state index in [-0.39, 0.29) is 0 Å². The van der Waals surface area contributed by atoms with Crippen molar-refractivity contribution >= 4 is 16.7 Å². The maximum absolute atomic E-state index is 4.79. The van der Waals surface area contributed by atoms with Crippen molar-refractivity contribution in [2.45, 2.75) is 12.5 Å². The minimum atomic E-state index is 0.386. The van der Waals surface area contributed by atoms with Crippen LogP contribution in [0.5, 0.6) is 0 Å². The van der Waals surface area contributed by atoms with Gasteiger partial charge in [0.05, 0.1) is 17.9 Å². The third-order valence-electron chi connectivity index (χ3n) is 5.15. The highest BCUT2D eigenvalue weighted by Gasteiger charge is 2.21. The summed E-state index contributed by atoms with van der Waals surface area (Å²) >= 11 is 0. The van der Waals surface area contributed by atoms with Crippen LogP contribution in [-0.2, 0) is 6.42 Å². The van der Waals surface area contributed by atoms with Crippen LogP contribution >= 0.6 is 0 Å². The smallest absolute Gasteiger partial charge is 0.183 e. The van der Waals surface area contributed by atoms with E-state index in [0.29, 0.717) is 11.9 Å². The van der Waals surface area contributed by atoms with Crippen molar-refractivity contribution in [1.82, 2.24) is 30.7 Å². The maximum atomic E-state index is 4.79. The minimum Gasteiger partial charge on any atom is -0.352 e. The lowest BCUT2D eigenvalue weighted by molar-refractivity contribution is 0.452. The number of piperazine rings is 1. The van der Waals surface area contributed by atoms with Gasteiger partial charge in [-0.3, -0.25) is 5.10 Å². The third-order valence-corrected chi connectivity index (χ3v) is 5.15. The molecule has 0 spiro atoms. The third kappa shape index (κ3) is 3.44. The molecular formula is C21H21N7. The summed E-state index contributed by atoms with van der Waals surface area (Å²) in [4.78, 5) is 7.08. The van der Waals surface area contributed by atoms with E-state index in [2.05, 4.69) is 60.9 Å². The summed E-state index contributed by atoms with van der Waals surface area (Å²) in [5.74, 6) is 1.51. The van der Waals surface area contributed by atoms with E-state index in [1.807, 2.05) is 18.2 Å². The SMILES string of the molecule is c1ccc(C[C@H]2CN(c3cnnc(-c4ccc5[nH]ncc5c4)n3)CCN2)cc1. The number of aromatic nitrogens is 5. The highest BCUT2D eigenvalue weighted by atomic mass is 15.3. The molecule has 4 aromatic rings. The average Bonchev–Trinajstić information content (AvgIpc) is 3.23. The molecule has 2 aromatic carbocycles. The van der Waals surface area contributed by atoms with E-state index in [1.165, 1.54) is 5.56 Å². The zero-order chi connectivity index (χ0) is 18.8. The van der Waals surface area contributed by atoms with Crippen LogP contribution < -0.4 is 10.2 Å². The van der Waals surface area contributed by atoms with Gasteiger partial charge in [0.2, 0.25) is 0 Å². The number of anilines is 1. The van der Waals surface area contributed by atoms with Crippen LogP contribution in [0.4, 0.5) is 5.82 Å². The van der Waals surface area contributed by atoms with Crippen LogP contribution in [-0.4, -0.2) is 51.1 Å². The van der Waals surface area contributed by atoms with Crippen molar-refractivity contribution in [3.05, 3.63) is 66.5 Å². The molecule has 140 valence electrons. The van der Waals surface area contributed by atoms with Crippen molar-refractivity contribution < 1.29 is 0 Å². The average molecular weight is 371 g/mol. The van der Waals surface area contributed by atoms with Crippen LogP contribution in [0.3, 0.4) is 0 Å². The summed E-state index contributed by atoms with van der Waals surface area (Å²) in [6.45, 7) is 2.73. The zero-order valence-electron chi connectivity index (χ0n) is 15.4. The van der Waals surface area contributed by atoms with Crippen LogP contribution in [0.2, 0.25) is 0 Å². The van der Waals surface area contributed by atoms with E-state index in [4.69, 9.17) is 4.98 Å². The second kappa shape index (κ2) is 7.36. The summed E-state index contributed by atoms with van der Waals surface area (Å²) in [5, 5.41) is 20.2. The monoisotopic (exact) mass is 371 g/mol. The number of H-pyrrole nitrogens is 1. The van der Waals surface area contributed by atoms with Crippen LogP contribution in [0.25, 0.3) is 22.3 Å². The summed E-state index contributed by atoms with van der Waals surface area (Å²) in [7, 11) is 0. The number of fused-ring (bicyclic) bond motifs is 1. The fourth-order valence-electron chi connectivity index (χ4n) is 3.72. The number of rotatable bonds is 4. The van der Waals surface area contributed by atoms with Gasteiger partial charge in [-0.1, -0.05) is 30.3 Å². The Labute approximate surface area is 162 Å². The van der Waals surface area contributed by atoms with Crippen LogP contribution in [0, 0.1) is 0 Å².